The molecule has 138 valence electrons. The second kappa shape index (κ2) is 21.1. The molecule has 0 fully saturated rings. The van der Waals surface area contributed by atoms with Crippen LogP contribution in [0.5, 0.6) is 0 Å². The van der Waals surface area contributed by atoms with E-state index in [1.165, 1.54) is 12.1 Å². The zero-order valence-electron chi connectivity index (χ0n) is 10.3. The Morgan fingerprint density at radius 3 is 1.46 bits per heavy atom. The molecular formula is C7H16FNNa6O10P2S. The van der Waals surface area contributed by atoms with E-state index in [1.807, 2.05) is 4.72 Å². The number of halogens is 1. The first-order valence-corrected chi connectivity index (χ1v) is 9.35. The SMILES string of the molecule is F.O=C1NS(=O)(=O)c2ccccc21.O=P(O)(O)OP(=O)(O)O.[NaH].[NaH].[NaH].[NaH].[NaH].[NaH]. The summed E-state index contributed by atoms with van der Waals surface area (Å²) in [5.74, 6) is -0.550. The average molecular weight is 525 g/mol. The summed E-state index contributed by atoms with van der Waals surface area (Å²) < 4.78 is 46.4. The minimum atomic E-state index is -5.05. The predicted molar refractivity (Wildman–Crippen MR) is 112 cm³/mol. The van der Waals surface area contributed by atoms with Gasteiger partial charge in [0.25, 0.3) is 15.9 Å². The zero-order valence-corrected chi connectivity index (χ0v) is 12.9. The van der Waals surface area contributed by atoms with Crippen molar-refractivity contribution in [2.24, 2.45) is 0 Å². The zero-order chi connectivity index (χ0) is 16.5. The number of fused-ring (bicyclic) bond motifs is 1. The standard InChI is InChI=1S/C7H5NO3S.FH.6Na.H4O7P2.6H/c9-7-5-3-1-2-4-6(5)12(10,11)8-7;;;;;;;;1-8(2,3)7-9(4,5)6;;;;;;/h1-4H,(H,8,9);1H;;;;;;;(H2,1,2,3)(H2,4,5,6);;;;;;. The van der Waals surface area contributed by atoms with Crippen LogP contribution in [0.1, 0.15) is 10.4 Å². The first-order valence-electron chi connectivity index (χ1n) is 4.80. The van der Waals surface area contributed by atoms with Crippen LogP contribution >= 0.6 is 15.6 Å². The van der Waals surface area contributed by atoms with E-state index in [1.54, 1.807) is 12.1 Å². The van der Waals surface area contributed by atoms with E-state index in [2.05, 4.69) is 4.31 Å². The van der Waals surface area contributed by atoms with E-state index < -0.39 is 31.6 Å². The van der Waals surface area contributed by atoms with Gasteiger partial charge >= 0.3 is 193 Å². The van der Waals surface area contributed by atoms with Crippen LogP contribution in [0.15, 0.2) is 29.2 Å². The Morgan fingerprint density at radius 1 is 0.821 bits per heavy atom. The van der Waals surface area contributed by atoms with Gasteiger partial charge in [-0.25, -0.2) is 22.3 Å². The molecule has 1 aromatic carbocycles. The Kier molecular flexibility index (Phi) is 37.6. The van der Waals surface area contributed by atoms with Gasteiger partial charge < -0.3 is 19.6 Å². The molecule has 21 heteroatoms. The molecule has 11 nitrogen and oxygen atoms in total. The summed E-state index contributed by atoms with van der Waals surface area (Å²) in [7, 11) is -13.7. The van der Waals surface area contributed by atoms with Gasteiger partial charge in [0, 0.05) is 0 Å². The fraction of sp³-hybridized carbons (Fsp3) is 0. The Hall–Kier alpha value is 4.83. The number of phosphoric acid groups is 2. The Bertz CT molecular complexity index is 753. The molecule has 0 aliphatic carbocycles. The van der Waals surface area contributed by atoms with Crippen molar-refractivity contribution >= 4 is 209 Å². The normalized spacial score (nSPS) is 12.4. The number of rotatable bonds is 2. The molecule has 1 amide bonds. The summed E-state index contributed by atoms with van der Waals surface area (Å²) in [4.78, 5) is 42.1. The van der Waals surface area contributed by atoms with Crippen LogP contribution in [0.2, 0.25) is 0 Å². The fourth-order valence-electron chi connectivity index (χ4n) is 1.26. The quantitative estimate of drug-likeness (QED) is 0.186. The van der Waals surface area contributed by atoms with E-state index in [-0.39, 0.29) is 193 Å². The summed E-state index contributed by atoms with van der Waals surface area (Å²) in [5.41, 5.74) is 0.220. The topological polar surface area (TPSA) is 188 Å². The maximum atomic E-state index is 11.1. The van der Waals surface area contributed by atoms with Crippen LogP contribution in [-0.4, -0.2) is 211 Å². The molecule has 0 bridgehead atoms. The average Bonchev–Trinajstić information content (AvgIpc) is 2.46. The molecular weight excluding hydrogens is 509 g/mol. The van der Waals surface area contributed by atoms with Gasteiger partial charge in [-0.1, -0.05) is 12.1 Å². The number of hydrogen-bond acceptors (Lipinski definition) is 6. The second-order valence-corrected chi connectivity index (χ2v) is 7.76. The summed E-state index contributed by atoms with van der Waals surface area (Å²) in [5, 5.41) is 0. The van der Waals surface area contributed by atoms with Crippen molar-refractivity contribution in [3.05, 3.63) is 29.8 Å². The minimum absolute atomic E-state index is 0. The van der Waals surface area contributed by atoms with Crippen LogP contribution in [-0.2, 0) is 23.5 Å². The van der Waals surface area contributed by atoms with Crippen molar-refractivity contribution in [2.75, 3.05) is 0 Å². The van der Waals surface area contributed by atoms with Crippen molar-refractivity contribution in [2.45, 2.75) is 4.90 Å². The fourth-order valence-corrected chi connectivity index (χ4v) is 3.54. The third-order valence-corrected chi connectivity index (χ3v) is 4.95. The molecule has 0 radical (unpaired) electrons. The van der Waals surface area contributed by atoms with Crippen molar-refractivity contribution in [1.29, 1.82) is 0 Å². The van der Waals surface area contributed by atoms with Crippen LogP contribution in [0.4, 0.5) is 4.70 Å². The monoisotopic (exact) mass is 525 g/mol. The molecule has 5 N–H and O–H groups in total. The van der Waals surface area contributed by atoms with E-state index in [0.717, 1.165) is 0 Å². The maximum absolute atomic E-state index is 11.1. The summed E-state index contributed by atoms with van der Waals surface area (Å²) in [6, 6.07) is 6.09. The number of carbonyl (C=O) groups excluding carboxylic acids is 1. The van der Waals surface area contributed by atoms with E-state index in [4.69, 9.17) is 19.6 Å². The Morgan fingerprint density at radius 2 is 1.18 bits per heavy atom. The third-order valence-electron chi connectivity index (χ3n) is 1.86. The van der Waals surface area contributed by atoms with Gasteiger partial charge in [-0.05, 0) is 12.1 Å². The van der Waals surface area contributed by atoms with E-state index in [9.17, 15) is 22.3 Å². The van der Waals surface area contributed by atoms with Crippen LogP contribution < -0.4 is 4.72 Å². The second-order valence-electron chi connectivity index (χ2n) is 3.49. The first-order chi connectivity index (χ1) is 9.32. The molecule has 0 aromatic heterocycles. The van der Waals surface area contributed by atoms with Crippen LogP contribution in [0, 0.1) is 0 Å². The predicted octanol–water partition coefficient (Wildman–Crippen LogP) is -4.43. The van der Waals surface area contributed by atoms with Crippen molar-refractivity contribution < 1.29 is 50.9 Å². The molecule has 0 atom stereocenters. The molecule has 0 saturated heterocycles. The molecule has 0 unspecified atom stereocenters. The van der Waals surface area contributed by atoms with E-state index >= 15 is 0 Å². The molecule has 1 aliphatic rings. The number of carbonyl (C=O) groups is 1. The van der Waals surface area contributed by atoms with Crippen molar-refractivity contribution in [3.63, 3.8) is 0 Å². The molecule has 1 aliphatic heterocycles. The summed E-state index contributed by atoms with van der Waals surface area (Å²) in [6.45, 7) is 0. The summed E-state index contributed by atoms with van der Waals surface area (Å²) in [6.07, 6.45) is 0. The van der Waals surface area contributed by atoms with Gasteiger partial charge in [0.1, 0.15) is 4.90 Å². The third kappa shape index (κ3) is 20.2. The molecule has 1 heterocycles. The number of hydrogen-bond donors (Lipinski definition) is 5. The van der Waals surface area contributed by atoms with Crippen LogP contribution in [0.25, 0.3) is 0 Å². The van der Waals surface area contributed by atoms with Gasteiger partial charge in [-0.3, -0.25) is 9.50 Å². The number of amides is 1. The van der Waals surface area contributed by atoms with Gasteiger partial charge in [0.15, 0.2) is 0 Å². The van der Waals surface area contributed by atoms with Gasteiger partial charge in [-0.2, -0.15) is 4.31 Å². The van der Waals surface area contributed by atoms with Crippen LogP contribution in [0.3, 0.4) is 0 Å². The number of sulfonamides is 1. The molecule has 1 aromatic rings. The molecule has 2 rings (SSSR count). The molecule has 28 heavy (non-hydrogen) atoms. The van der Waals surface area contributed by atoms with E-state index in [0.29, 0.717) is 0 Å². The van der Waals surface area contributed by atoms with Crippen molar-refractivity contribution in [3.8, 4) is 0 Å². The number of nitrogens with one attached hydrogen (secondary N) is 1. The number of benzene rings is 1. The van der Waals surface area contributed by atoms with Crippen molar-refractivity contribution in [1.82, 2.24) is 4.72 Å². The first kappa shape index (κ1) is 49.9. The van der Waals surface area contributed by atoms with Gasteiger partial charge in [-0.15, -0.1) is 0 Å². The van der Waals surface area contributed by atoms with Gasteiger partial charge in [0.2, 0.25) is 0 Å². The molecule has 0 saturated carbocycles. The molecule has 0 spiro atoms. The summed E-state index contributed by atoms with van der Waals surface area (Å²) >= 11 is 0. The van der Waals surface area contributed by atoms with Gasteiger partial charge in [0.05, 0.1) is 5.56 Å². The Balaban J connectivity index is -0.0000000518. The Labute approximate surface area is 293 Å².